The van der Waals surface area contributed by atoms with Crippen LogP contribution in [0.4, 0.5) is 5.69 Å². The van der Waals surface area contributed by atoms with Crippen LogP contribution in [0.25, 0.3) is 11.1 Å². The average molecular weight is 325 g/mol. The molecule has 24 heavy (non-hydrogen) atoms. The van der Waals surface area contributed by atoms with Gasteiger partial charge >= 0.3 is 0 Å². The van der Waals surface area contributed by atoms with Crippen molar-refractivity contribution >= 4 is 11.6 Å². The maximum Gasteiger partial charge on any atom is 0.224 e. The molecule has 1 N–H and O–H groups in total. The number of fused-ring (bicyclic) bond motifs is 1. The first-order valence-electron chi connectivity index (χ1n) is 8.76. The first-order chi connectivity index (χ1) is 11.6. The van der Waals surface area contributed by atoms with E-state index >= 15 is 0 Å². The maximum atomic E-state index is 12.2. The third-order valence-corrected chi connectivity index (χ3v) is 5.23. The largest absolute Gasteiger partial charge is 0.489 e. The summed E-state index contributed by atoms with van der Waals surface area (Å²) in [5.41, 5.74) is 4.25. The van der Waals surface area contributed by atoms with E-state index in [0.717, 1.165) is 53.8 Å². The maximum absolute atomic E-state index is 12.2. The highest BCUT2D eigenvalue weighted by Crippen LogP contribution is 2.44. The van der Waals surface area contributed by atoms with Gasteiger partial charge in [-0.05, 0) is 51.2 Å². The summed E-state index contributed by atoms with van der Waals surface area (Å²) in [6.07, 6.45) is 9.37. The molecule has 4 rings (SSSR count). The van der Waals surface area contributed by atoms with Crippen molar-refractivity contribution in [2.24, 2.45) is 0 Å². The highest BCUT2D eigenvalue weighted by molar-refractivity contribution is 5.95. The molecule has 1 saturated carbocycles. The van der Waals surface area contributed by atoms with E-state index in [2.05, 4.69) is 29.3 Å². The number of rotatable bonds is 3. The summed E-state index contributed by atoms with van der Waals surface area (Å²) in [7, 11) is 0. The molecule has 1 aliphatic carbocycles. The van der Waals surface area contributed by atoms with Crippen LogP contribution in [0.1, 0.15) is 45.1 Å². The van der Waals surface area contributed by atoms with E-state index in [1.165, 1.54) is 6.42 Å². The molecular weight excluding hydrogens is 302 g/mol. The molecule has 0 bridgehead atoms. The van der Waals surface area contributed by atoms with Crippen LogP contribution in [0.5, 0.6) is 5.75 Å². The van der Waals surface area contributed by atoms with Crippen molar-refractivity contribution in [1.29, 1.82) is 0 Å². The number of amides is 1. The van der Waals surface area contributed by atoms with Gasteiger partial charge in [-0.3, -0.25) is 9.89 Å². The Balaban J connectivity index is 1.84. The molecule has 0 saturated heterocycles. The molecule has 126 valence electrons. The molecule has 1 amide bonds. The molecule has 0 spiro atoms. The van der Waals surface area contributed by atoms with Crippen molar-refractivity contribution in [3.8, 4) is 16.9 Å². The molecule has 0 radical (unpaired) electrons. The zero-order chi connectivity index (χ0) is 16.7. The third-order valence-electron chi connectivity index (χ3n) is 5.23. The van der Waals surface area contributed by atoms with E-state index in [4.69, 9.17) is 4.74 Å². The number of aromatic amines is 1. The molecule has 1 aromatic carbocycles. The van der Waals surface area contributed by atoms with E-state index < -0.39 is 0 Å². The number of carbonyl (C=O) groups is 1. The van der Waals surface area contributed by atoms with Crippen LogP contribution in [0, 0.1) is 0 Å². The van der Waals surface area contributed by atoms with Gasteiger partial charge in [0.1, 0.15) is 5.75 Å². The SMILES string of the molecule is CC(=O)N1c2ccc(-c3cn[nH]c3)c(OC3CCC3)c2CC[C@@H]1C. The summed E-state index contributed by atoms with van der Waals surface area (Å²) < 4.78 is 6.39. The quantitative estimate of drug-likeness (QED) is 0.936. The van der Waals surface area contributed by atoms with Crippen LogP contribution in [-0.2, 0) is 11.2 Å². The molecule has 5 nitrogen and oxygen atoms in total. The lowest BCUT2D eigenvalue weighted by Crippen LogP contribution is -2.41. The van der Waals surface area contributed by atoms with E-state index in [0.29, 0.717) is 6.10 Å². The molecule has 0 unspecified atom stereocenters. The smallest absolute Gasteiger partial charge is 0.224 e. The Morgan fingerprint density at radius 2 is 2.17 bits per heavy atom. The molecule has 2 aromatic rings. The summed E-state index contributed by atoms with van der Waals surface area (Å²) in [5, 5.41) is 6.96. The van der Waals surface area contributed by atoms with Gasteiger partial charge in [-0.1, -0.05) is 0 Å². The summed E-state index contributed by atoms with van der Waals surface area (Å²) in [5.74, 6) is 1.03. The number of hydrogen-bond acceptors (Lipinski definition) is 3. The molecule has 2 aliphatic rings. The lowest BCUT2D eigenvalue weighted by atomic mass is 9.91. The van der Waals surface area contributed by atoms with Gasteiger partial charge in [-0.15, -0.1) is 0 Å². The summed E-state index contributed by atoms with van der Waals surface area (Å²) in [6, 6.07) is 4.35. The van der Waals surface area contributed by atoms with Gasteiger partial charge in [-0.2, -0.15) is 5.10 Å². The normalized spacial score (nSPS) is 20.4. The van der Waals surface area contributed by atoms with E-state index in [1.807, 2.05) is 17.3 Å². The number of H-pyrrole nitrogens is 1. The average Bonchev–Trinajstić information content (AvgIpc) is 3.04. The number of anilines is 1. The second kappa shape index (κ2) is 5.96. The first-order valence-corrected chi connectivity index (χ1v) is 8.76. The number of nitrogens with zero attached hydrogens (tertiary/aromatic N) is 2. The molecule has 1 aromatic heterocycles. The topological polar surface area (TPSA) is 58.2 Å². The minimum absolute atomic E-state index is 0.0918. The van der Waals surface area contributed by atoms with Gasteiger partial charge in [0, 0.05) is 35.9 Å². The summed E-state index contributed by atoms with van der Waals surface area (Å²) in [4.78, 5) is 14.1. The van der Waals surface area contributed by atoms with Gasteiger partial charge in [0.25, 0.3) is 0 Å². The molecule has 1 atom stereocenters. The number of carbonyl (C=O) groups excluding carboxylic acids is 1. The number of hydrogen-bond donors (Lipinski definition) is 1. The summed E-state index contributed by atoms with van der Waals surface area (Å²) >= 11 is 0. The Hall–Kier alpha value is -2.30. The highest BCUT2D eigenvalue weighted by Gasteiger charge is 2.31. The Bertz CT molecular complexity index is 750. The summed E-state index contributed by atoms with van der Waals surface area (Å²) in [6.45, 7) is 3.75. The Labute approximate surface area is 142 Å². The number of aromatic nitrogens is 2. The van der Waals surface area contributed by atoms with E-state index in [9.17, 15) is 4.79 Å². The fourth-order valence-electron chi connectivity index (χ4n) is 3.70. The number of ether oxygens (including phenoxy) is 1. The lowest BCUT2D eigenvalue weighted by Gasteiger charge is -2.37. The zero-order valence-electron chi connectivity index (χ0n) is 14.2. The predicted molar refractivity (Wildman–Crippen MR) is 93.2 cm³/mol. The minimum Gasteiger partial charge on any atom is -0.489 e. The number of nitrogens with one attached hydrogen (secondary N) is 1. The van der Waals surface area contributed by atoms with Crippen molar-refractivity contribution in [3.05, 3.63) is 30.1 Å². The van der Waals surface area contributed by atoms with Crippen molar-refractivity contribution in [3.63, 3.8) is 0 Å². The van der Waals surface area contributed by atoms with Crippen molar-refractivity contribution in [2.45, 2.75) is 58.1 Å². The standard InChI is InChI=1S/C19H23N3O2/c1-12-6-7-17-18(22(12)13(2)23)9-8-16(14-10-20-21-11-14)19(17)24-15-4-3-5-15/h8-12,15H,3-7H2,1-2H3,(H,20,21)/t12-/m0/s1. The molecule has 2 heterocycles. The van der Waals surface area contributed by atoms with Crippen LogP contribution in [0.2, 0.25) is 0 Å². The Kier molecular flexibility index (Phi) is 3.79. The lowest BCUT2D eigenvalue weighted by molar-refractivity contribution is -0.117. The van der Waals surface area contributed by atoms with Gasteiger partial charge < -0.3 is 9.64 Å². The van der Waals surface area contributed by atoms with Crippen LogP contribution in [0.15, 0.2) is 24.5 Å². The fourth-order valence-corrected chi connectivity index (χ4v) is 3.70. The van der Waals surface area contributed by atoms with Crippen LogP contribution in [0.3, 0.4) is 0 Å². The van der Waals surface area contributed by atoms with Gasteiger partial charge in [0.15, 0.2) is 0 Å². The third kappa shape index (κ3) is 2.48. The predicted octanol–water partition coefficient (Wildman–Crippen LogP) is 3.70. The van der Waals surface area contributed by atoms with Crippen molar-refractivity contribution < 1.29 is 9.53 Å². The Morgan fingerprint density at radius 3 is 2.79 bits per heavy atom. The number of benzene rings is 1. The van der Waals surface area contributed by atoms with Crippen LogP contribution >= 0.6 is 0 Å². The molecular formula is C19H23N3O2. The molecule has 1 fully saturated rings. The second-order valence-electron chi connectivity index (χ2n) is 6.87. The van der Waals surface area contributed by atoms with E-state index in [1.54, 1.807) is 6.92 Å². The molecule has 1 aliphatic heterocycles. The molecule has 5 heteroatoms. The van der Waals surface area contributed by atoms with Gasteiger partial charge in [0.2, 0.25) is 5.91 Å². The van der Waals surface area contributed by atoms with Crippen LogP contribution in [-0.4, -0.2) is 28.3 Å². The first kappa shape index (κ1) is 15.2. The van der Waals surface area contributed by atoms with E-state index in [-0.39, 0.29) is 11.9 Å². The van der Waals surface area contributed by atoms with Crippen LogP contribution < -0.4 is 9.64 Å². The Morgan fingerprint density at radius 1 is 1.33 bits per heavy atom. The van der Waals surface area contributed by atoms with Gasteiger partial charge in [-0.25, -0.2) is 0 Å². The minimum atomic E-state index is 0.0918. The monoisotopic (exact) mass is 325 g/mol. The van der Waals surface area contributed by atoms with Crippen molar-refractivity contribution in [1.82, 2.24) is 10.2 Å². The van der Waals surface area contributed by atoms with Gasteiger partial charge in [0.05, 0.1) is 18.0 Å². The zero-order valence-corrected chi connectivity index (χ0v) is 14.2. The second-order valence-corrected chi connectivity index (χ2v) is 6.87. The fraction of sp³-hybridized carbons (Fsp3) is 0.474. The highest BCUT2D eigenvalue weighted by atomic mass is 16.5. The van der Waals surface area contributed by atoms with Crippen molar-refractivity contribution in [2.75, 3.05) is 4.90 Å².